The summed E-state index contributed by atoms with van der Waals surface area (Å²) in [4.78, 5) is 4.04. The summed E-state index contributed by atoms with van der Waals surface area (Å²) in [5, 5.41) is 13.8. The fourth-order valence-corrected chi connectivity index (χ4v) is 1.41. The Bertz CT molecular complexity index is 447. The highest BCUT2D eigenvalue weighted by Crippen LogP contribution is 2.19. The first-order valence-corrected chi connectivity index (χ1v) is 4.74. The van der Waals surface area contributed by atoms with Crippen molar-refractivity contribution in [2.24, 2.45) is 7.05 Å². The summed E-state index contributed by atoms with van der Waals surface area (Å²) < 4.78 is 6.96. The van der Waals surface area contributed by atoms with Crippen LogP contribution in [0.4, 0.5) is 0 Å². The van der Waals surface area contributed by atoms with Crippen LogP contribution in [0, 0.1) is 6.92 Å². The zero-order valence-electron chi connectivity index (χ0n) is 8.71. The average molecular weight is 207 g/mol. The summed E-state index contributed by atoms with van der Waals surface area (Å²) in [6.07, 6.45) is 1.21. The predicted octanol–water partition coefficient (Wildman–Crippen LogP) is 0.993. The number of aryl methyl sites for hydroxylation is 2. The van der Waals surface area contributed by atoms with Gasteiger partial charge in [0.25, 0.3) is 0 Å². The van der Waals surface area contributed by atoms with Gasteiger partial charge in [0, 0.05) is 13.5 Å². The molecule has 15 heavy (non-hydrogen) atoms. The number of aliphatic hydroxyl groups excluding tert-OH is 1. The highest BCUT2D eigenvalue weighted by atomic mass is 16.4. The van der Waals surface area contributed by atoms with E-state index < -0.39 is 6.10 Å². The van der Waals surface area contributed by atoms with Crippen molar-refractivity contribution < 1.29 is 9.52 Å². The summed E-state index contributed by atoms with van der Waals surface area (Å²) in [6.45, 7) is 1.85. The van der Waals surface area contributed by atoms with Crippen molar-refractivity contribution in [2.75, 3.05) is 0 Å². The van der Waals surface area contributed by atoms with Gasteiger partial charge in [0.15, 0.2) is 0 Å². The van der Waals surface area contributed by atoms with Gasteiger partial charge in [-0.25, -0.2) is 4.98 Å². The van der Waals surface area contributed by atoms with Crippen molar-refractivity contribution >= 4 is 0 Å². The Kier molecular flexibility index (Phi) is 2.55. The van der Waals surface area contributed by atoms with Crippen molar-refractivity contribution in [2.45, 2.75) is 19.4 Å². The Morgan fingerprint density at radius 2 is 2.33 bits per heavy atom. The van der Waals surface area contributed by atoms with Gasteiger partial charge in [-0.2, -0.15) is 5.10 Å². The molecular weight excluding hydrogens is 194 g/mol. The molecule has 0 aliphatic carbocycles. The van der Waals surface area contributed by atoms with E-state index in [1.807, 2.05) is 13.0 Å². The lowest BCUT2D eigenvalue weighted by Crippen LogP contribution is -2.06. The van der Waals surface area contributed by atoms with Crippen LogP contribution in [0.25, 0.3) is 0 Å². The Morgan fingerprint density at radius 1 is 1.53 bits per heavy atom. The molecule has 5 nitrogen and oxygen atoms in total. The van der Waals surface area contributed by atoms with Gasteiger partial charge in [-0.15, -0.1) is 0 Å². The molecule has 1 N–H and O–H groups in total. The van der Waals surface area contributed by atoms with Gasteiger partial charge >= 0.3 is 0 Å². The molecule has 2 heterocycles. The molecular formula is C10H13N3O2. The van der Waals surface area contributed by atoms with Crippen LogP contribution < -0.4 is 0 Å². The first kappa shape index (κ1) is 9.92. The number of aliphatic hydroxyl groups is 1. The first-order chi connectivity index (χ1) is 7.16. The van der Waals surface area contributed by atoms with Crippen LogP contribution >= 0.6 is 0 Å². The topological polar surface area (TPSA) is 64.1 Å². The molecule has 0 aromatic carbocycles. The average Bonchev–Trinajstić information content (AvgIpc) is 2.77. The summed E-state index contributed by atoms with van der Waals surface area (Å²) in [5.41, 5.74) is 0. The molecule has 0 saturated heterocycles. The zero-order valence-corrected chi connectivity index (χ0v) is 8.71. The monoisotopic (exact) mass is 207 g/mol. The summed E-state index contributed by atoms with van der Waals surface area (Å²) >= 11 is 0. The minimum Gasteiger partial charge on any atom is -0.464 e. The quantitative estimate of drug-likeness (QED) is 0.815. The minimum absolute atomic E-state index is 0.406. The van der Waals surface area contributed by atoms with Crippen molar-refractivity contribution in [3.8, 4) is 0 Å². The third-order valence-electron chi connectivity index (χ3n) is 2.27. The molecule has 0 saturated carbocycles. The summed E-state index contributed by atoms with van der Waals surface area (Å²) in [6, 6.07) is 3.60. The van der Waals surface area contributed by atoms with Crippen LogP contribution in [0.1, 0.15) is 23.4 Å². The molecule has 1 atom stereocenters. The Balaban J connectivity index is 2.10. The highest BCUT2D eigenvalue weighted by molar-refractivity contribution is 5.09. The standard InChI is InChI=1S/C10H13N3O2/c1-7-3-4-9(15-7)8(14)5-10-11-6-12-13(10)2/h3-4,6,8,14H,5H2,1-2H3. The largest absolute Gasteiger partial charge is 0.464 e. The fourth-order valence-electron chi connectivity index (χ4n) is 1.41. The molecule has 0 aliphatic heterocycles. The summed E-state index contributed by atoms with van der Waals surface area (Å²) in [7, 11) is 1.79. The van der Waals surface area contributed by atoms with Gasteiger partial charge in [-0.3, -0.25) is 4.68 Å². The van der Waals surface area contributed by atoms with E-state index in [0.717, 1.165) is 11.6 Å². The smallest absolute Gasteiger partial charge is 0.138 e. The number of nitrogens with zero attached hydrogens (tertiary/aromatic N) is 3. The zero-order chi connectivity index (χ0) is 10.8. The molecule has 1 unspecified atom stereocenters. The van der Waals surface area contributed by atoms with Gasteiger partial charge < -0.3 is 9.52 Å². The third kappa shape index (κ3) is 2.07. The van der Waals surface area contributed by atoms with Crippen molar-refractivity contribution in [3.05, 3.63) is 35.8 Å². The number of hydrogen-bond donors (Lipinski definition) is 1. The van der Waals surface area contributed by atoms with Gasteiger partial charge in [0.2, 0.25) is 0 Å². The molecule has 2 aromatic rings. The maximum absolute atomic E-state index is 9.86. The molecule has 0 radical (unpaired) electrons. The van der Waals surface area contributed by atoms with Crippen LogP contribution in [0.3, 0.4) is 0 Å². The number of rotatable bonds is 3. The van der Waals surface area contributed by atoms with Crippen LogP contribution in [0.15, 0.2) is 22.9 Å². The van der Waals surface area contributed by atoms with Crippen LogP contribution in [-0.4, -0.2) is 19.9 Å². The van der Waals surface area contributed by atoms with E-state index in [0.29, 0.717) is 12.2 Å². The molecule has 0 spiro atoms. The van der Waals surface area contributed by atoms with Crippen molar-refractivity contribution in [1.29, 1.82) is 0 Å². The molecule has 0 fully saturated rings. The maximum Gasteiger partial charge on any atom is 0.138 e. The van der Waals surface area contributed by atoms with Crippen LogP contribution in [0.5, 0.6) is 0 Å². The van der Waals surface area contributed by atoms with E-state index in [9.17, 15) is 5.11 Å². The van der Waals surface area contributed by atoms with E-state index in [4.69, 9.17) is 4.42 Å². The van der Waals surface area contributed by atoms with Gasteiger partial charge in [0.05, 0.1) is 0 Å². The maximum atomic E-state index is 9.86. The predicted molar refractivity (Wildman–Crippen MR) is 53.1 cm³/mol. The second-order valence-corrected chi connectivity index (χ2v) is 3.47. The SMILES string of the molecule is Cc1ccc(C(O)Cc2ncnn2C)o1. The highest BCUT2D eigenvalue weighted by Gasteiger charge is 2.14. The lowest BCUT2D eigenvalue weighted by Gasteiger charge is -2.06. The van der Waals surface area contributed by atoms with Crippen LogP contribution in [-0.2, 0) is 13.5 Å². The Morgan fingerprint density at radius 3 is 2.87 bits per heavy atom. The number of furan rings is 1. The molecule has 0 bridgehead atoms. The van der Waals surface area contributed by atoms with Gasteiger partial charge in [0.1, 0.15) is 29.8 Å². The van der Waals surface area contributed by atoms with Crippen LogP contribution in [0.2, 0.25) is 0 Å². The molecule has 80 valence electrons. The van der Waals surface area contributed by atoms with E-state index >= 15 is 0 Å². The minimum atomic E-state index is -0.665. The Hall–Kier alpha value is -1.62. The Labute approximate surface area is 87.4 Å². The van der Waals surface area contributed by atoms with E-state index in [1.54, 1.807) is 17.8 Å². The van der Waals surface area contributed by atoms with E-state index in [2.05, 4.69) is 10.1 Å². The molecule has 0 amide bonds. The molecule has 0 aliphatic rings. The second kappa shape index (κ2) is 3.86. The normalized spacial score (nSPS) is 13.0. The second-order valence-electron chi connectivity index (χ2n) is 3.47. The van der Waals surface area contributed by atoms with E-state index in [-0.39, 0.29) is 0 Å². The van der Waals surface area contributed by atoms with Gasteiger partial charge in [-0.05, 0) is 19.1 Å². The lowest BCUT2D eigenvalue weighted by molar-refractivity contribution is 0.145. The molecule has 2 aromatic heterocycles. The molecule has 2 rings (SSSR count). The van der Waals surface area contributed by atoms with Crippen molar-refractivity contribution in [1.82, 2.24) is 14.8 Å². The number of aromatic nitrogens is 3. The first-order valence-electron chi connectivity index (χ1n) is 4.74. The lowest BCUT2D eigenvalue weighted by atomic mass is 10.2. The van der Waals surface area contributed by atoms with Crippen molar-refractivity contribution in [3.63, 3.8) is 0 Å². The summed E-state index contributed by atoms with van der Waals surface area (Å²) in [5.74, 6) is 2.09. The number of hydrogen-bond acceptors (Lipinski definition) is 4. The van der Waals surface area contributed by atoms with E-state index in [1.165, 1.54) is 6.33 Å². The fraction of sp³-hybridized carbons (Fsp3) is 0.400. The third-order valence-corrected chi connectivity index (χ3v) is 2.27. The van der Waals surface area contributed by atoms with Gasteiger partial charge in [-0.1, -0.05) is 0 Å². The molecule has 5 heteroatoms.